The third kappa shape index (κ3) is 1.94. The summed E-state index contributed by atoms with van der Waals surface area (Å²) in [5.41, 5.74) is 0. The van der Waals surface area contributed by atoms with E-state index < -0.39 is 0 Å². The van der Waals surface area contributed by atoms with Gasteiger partial charge in [0.2, 0.25) is 0 Å². The second kappa shape index (κ2) is 4.76. The van der Waals surface area contributed by atoms with Gasteiger partial charge in [0.15, 0.2) is 5.76 Å². The molecular weight excluding hydrogens is 228 g/mol. The van der Waals surface area contributed by atoms with E-state index in [4.69, 9.17) is 4.42 Å². The summed E-state index contributed by atoms with van der Waals surface area (Å²) in [7, 11) is 2.17. The smallest absolute Gasteiger partial charge is 0.289 e. The van der Waals surface area contributed by atoms with Crippen LogP contribution in [0.4, 0.5) is 0 Å². The highest BCUT2D eigenvalue weighted by molar-refractivity contribution is 5.91. The first-order valence-electron chi connectivity index (χ1n) is 6.82. The Balaban J connectivity index is 1.77. The molecule has 2 atom stereocenters. The molecule has 0 bridgehead atoms. The monoisotopic (exact) mass is 248 g/mol. The molecule has 2 aliphatic heterocycles. The van der Waals surface area contributed by atoms with E-state index in [2.05, 4.69) is 11.9 Å². The Morgan fingerprint density at radius 3 is 2.72 bits per heavy atom. The Kier molecular flexibility index (Phi) is 3.12. The maximum Gasteiger partial charge on any atom is 0.289 e. The van der Waals surface area contributed by atoms with E-state index in [0.29, 0.717) is 17.8 Å². The molecule has 0 radical (unpaired) electrons. The normalized spacial score (nSPS) is 29.1. The average molecular weight is 248 g/mol. The summed E-state index contributed by atoms with van der Waals surface area (Å²) >= 11 is 0. The summed E-state index contributed by atoms with van der Waals surface area (Å²) in [6, 6.07) is 4.44. The fourth-order valence-electron chi connectivity index (χ4n) is 3.41. The van der Waals surface area contributed by atoms with Gasteiger partial charge >= 0.3 is 0 Å². The Labute approximate surface area is 108 Å². The molecule has 0 N–H and O–H groups in total. The van der Waals surface area contributed by atoms with Gasteiger partial charge in [0.25, 0.3) is 5.91 Å². The van der Waals surface area contributed by atoms with E-state index in [9.17, 15) is 4.79 Å². The first-order valence-corrected chi connectivity index (χ1v) is 6.82. The second-order valence-corrected chi connectivity index (χ2v) is 5.38. The van der Waals surface area contributed by atoms with Crippen LogP contribution in [0.15, 0.2) is 22.8 Å². The molecule has 3 rings (SSSR count). The van der Waals surface area contributed by atoms with E-state index in [0.717, 1.165) is 25.9 Å². The number of furan rings is 1. The molecule has 98 valence electrons. The summed E-state index contributed by atoms with van der Waals surface area (Å²) in [5.74, 6) is 0.533. The van der Waals surface area contributed by atoms with Crippen LogP contribution in [-0.2, 0) is 0 Å². The standard InChI is InChI=1S/C14H20N2O2/c1-15-8-2-5-11(15)12-6-3-9-16(12)14(17)13-7-4-10-18-13/h4,7,10-12H,2-3,5-6,8-9H2,1H3. The van der Waals surface area contributed by atoms with E-state index in [1.807, 2.05) is 4.90 Å². The Morgan fingerprint density at radius 1 is 1.28 bits per heavy atom. The summed E-state index contributed by atoms with van der Waals surface area (Å²) in [5, 5.41) is 0. The molecule has 4 nitrogen and oxygen atoms in total. The minimum absolute atomic E-state index is 0.0581. The number of likely N-dealkylation sites (N-methyl/N-ethyl adjacent to an activating group) is 1. The lowest BCUT2D eigenvalue weighted by Crippen LogP contribution is -2.47. The highest BCUT2D eigenvalue weighted by atomic mass is 16.3. The molecule has 0 aromatic carbocycles. The van der Waals surface area contributed by atoms with Gasteiger partial charge in [0.1, 0.15) is 0 Å². The molecule has 1 aromatic rings. The van der Waals surface area contributed by atoms with Crippen molar-refractivity contribution in [3.63, 3.8) is 0 Å². The van der Waals surface area contributed by atoms with Crippen molar-refractivity contribution in [1.29, 1.82) is 0 Å². The van der Waals surface area contributed by atoms with E-state index >= 15 is 0 Å². The van der Waals surface area contributed by atoms with Crippen LogP contribution in [-0.4, -0.2) is 47.9 Å². The summed E-state index contributed by atoms with van der Waals surface area (Å²) < 4.78 is 5.24. The minimum atomic E-state index is 0.0581. The number of hydrogen-bond acceptors (Lipinski definition) is 3. The fraction of sp³-hybridized carbons (Fsp3) is 0.643. The lowest BCUT2D eigenvalue weighted by Gasteiger charge is -2.32. The predicted octanol–water partition coefficient (Wildman–Crippen LogP) is 1.98. The van der Waals surface area contributed by atoms with E-state index in [-0.39, 0.29) is 5.91 Å². The van der Waals surface area contributed by atoms with Gasteiger partial charge < -0.3 is 14.2 Å². The summed E-state index contributed by atoms with van der Waals surface area (Å²) in [6.07, 6.45) is 6.27. The molecule has 2 saturated heterocycles. The van der Waals surface area contributed by atoms with Crippen LogP contribution in [0.2, 0.25) is 0 Å². The van der Waals surface area contributed by atoms with Crippen LogP contribution in [0.5, 0.6) is 0 Å². The lowest BCUT2D eigenvalue weighted by atomic mass is 10.0. The molecule has 1 amide bonds. The number of hydrogen-bond donors (Lipinski definition) is 0. The number of nitrogens with zero attached hydrogens (tertiary/aromatic N) is 2. The molecule has 2 fully saturated rings. The first kappa shape index (κ1) is 11.8. The molecule has 2 aliphatic rings. The Morgan fingerprint density at radius 2 is 2.06 bits per heavy atom. The average Bonchev–Trinajstić information content (AvgIpc) is 3.09. The van der Waals surface area contributed by atoms with Crippen molar-refractivity contribution in [3.05, 3.63) is 24.2 Å². The van der Waals surface area contributed by atoms with Gasteiger partial charge in [-0.15, -0.1) is 0 Å². The fourth-order valence-corrected chi connectivity index (χ4v) is 3.41. The molecular formula is C14H20N2O2. The summed E-state index contributed by atoms with van der Waals surface area (Å²) in [4.78, 5) is 16.8. The van der Waals surface area contributed by atoms with E-state index in [1.165, 1.54) is 12.8 Å². The van der Waals surface area contributed by atoms with Crippen LogP contribution in [0.25, 0.3) is 0 Å². The topological polar surface area (TPSA) is 36.7 Å². The maximum atomic E-state index is 12.4. The van der Waals surface area contributed by atoms with Crippen LogP contribution >= 0.6 is 0 Å². The summed E-state index contributed by atoms with van der Waals surface area (Å²) in [6.45, 7) is 2.03. The number of rotatable bonds is 2. The van der Waals surface area contributed by atoms with Crippen molar-refractivity contribution in [2.75, 3.05) is 20.1 Å². The van der Waals surface area contributed by atoms with Gasteiger partial charge in [0, 0.05) is 18.6 Å². The zero-order valence-corrected chi connectivity index (χ0v) is 10.8. The van der Waals surface area contributed by atoms with E-state index in [1.54, 1.807) is 18.4 Å². The molecule has 3 heterocycles. The number of amides is 1. The van der Waals surface area contributed by atoms with Crippen molar-refractivity contribution in [2.24, 2.45) is 0 Å². The van der Waals surface area contributed by atoms with Gasteiger partial charge in [-0.3, -0.25) is 4.79 Å². The SMILES string of the molecule is CN1CCCC1C1CCCN1C(=O)c1ccco1. The molecule has 0 aliphatic carbocycles. The van der Waals surface area contributed by atoms with Crippen molar-refractivity contribution in [3.8, 4) is 0 Å². The van der Waals surface area contributed by atoms with Gasteiger partial charge in [0.05, 0.1) is 6.26 Å². The van der Waals surface area contributed by atoms with Gasteiger partial charge in [-0.1, -0.05) is 0 Å². The van der Waals surface area contributed by atoms with Crippen molar-refractivity contribution in [2.45, 2.75) is 37.8 Å². The zero-order valence-electron chi connectivity index (χ0n) is 10.8. The third-order valence-corrected chi connectivity index (χ3v) is 4.31. The molecule has 0 spiro atoms. The highest BCUT2D eigenvalue weighted by Gasteiger charge is 2.39. The first-order chi connectivity index (χ1) is 8.77. The zero-order chi connectivity index (χ0) is 12.5. The van der Waals surface area contributed by atoms with Gasteiger partial charge in [-0.05, 0) is 51.4 Å². The van der Waals surface area contributed by atoms with Crippen molar-refractivity contribution < 1.29 is 9.21 Å². The highest BCUT2D eigenvalue weighted by Crippen LogP contribution is 2.30. The predicted molar refractivity (Wildman–Crippen MR) is 68.4 cm³/mol. The largest absolute Gasteiger partial charge is 0.459 e. The molecule has 1 aromatic heterocycles. The lowest BCUT2D eigenvalue weighted by molar-refractivity contribution is 0.0633. The molecule has 4 heteroatoms. The van der Waals surface area contributed by atoms with Crippen LogP contribution in [0, 0.1) is 0 Å². The minimum Gasteiger partial charge on any atom is -0.459 e. The molecule has 2 unspecified atom stereocenters. The number of carbonyl (C=O) groups is 1. The van der Waals surface area contributed by atoms with Crippen molar-refractivity contribution in [1.82, 2.24) is 9.80 Å². The molecule has 18 heavy (non-hydrogen) atoms. The quantitative estimate of drug-likeness (QED) is 0.803. The maximum absolute atomic E-state index is 12.4. The number of likely N-dealkylation sites (tertiary alicyclic amines) is 2. The van der Waals surface area contributed by atoms with Crippen molar-refractivity contribution >= 4 is 5.91 Å². The van der Waals surface area contributed by atoms with Crippen LogP contribution in [0.1, 0.15) is 36.2 Å². The van der Waals surface area contributed by atoms with Crippen LogP contribution in [0.3, 0.4) is 0 Å². The Bertz CT molecular complexity index is 415. The van der Waals surface area contributed by atoms with Gasteiger partial charge in [-0.2, -0.15) is 0 Å². The second-order valence-electron chi connectivity index (χ2n) is 5.38. The Hall–Kier alpha value is -1.29. The number of carbonyl (C=O) groups excluding carboxylic acids is 1. The van der Waals surface area contributed by atoms with Gasteiger partial charge in [-0.25, -0.2) is 0 Å². The van der Waals surface area contributed by atoms with Crippen LogP contribution < -0.4 is 0 Å². The molecule has 0 saturated carbocycles. The third-order valence-electron chi connectivity index (χ3n) is 4.31.